The minimum Gasteiger partial charge on any atom is -0.358 e. The third kappa shape index (κ3) is 2.23. The Kier molecular flexibility index (Phi) is 2.66. The van der Waals surface area contributed by atoms with Crippen LogP contribution in [0.3, 0.4) is 0 Å². The Morgan fingerprint density at radius 1 is 0.882 bits per heavy atom. The summed E-state index contributed by atoms with van der Waals surface area (Å²) in [6.07, 6.45) is 3.18. The van der Waals surface area contributed by atoms with Gasteiger partial charge in [-0.15, -0.1) is 0 Å². The summed E-state index contributed by atoms with van der Waals surface area (Å²) in [5.41, 5.74) is 3.74. The molecule has 3 rings (SSSR count). The van der Waals surface area contributed by atoms with Gasteiger partial charge in [0, 0.05) is 11.2 Å². The minimum absolute atomic E-state index is 0.943. The van der Waals surface area contributed by atoms with Crippen LogP contribution in [-0.2, 0) is 6.42 Å². The highest BCUT2D eigenvalue weighted by atomic mass is 14.7. The highest BCUT2D eigenvalue weighted by Gasteiger charge is 2.00. The fourth-order valence-electron chi connectivity index (χ4n) is 2.06. The molecule has 0 bridgehead atoms. The van der Waals surface area contributed by atoms with Crippen molar-refractivity contribution in [3.63, 3.8) is 0 Å². The Bertz CT molecular complexity index is 575. The van der Waals surface area contributed by atoms with Crippen LogP contribution in [0.2, 0.25) is 0 Å². The van der Waals surface area contributed by atoms with Gasteiger partial charge in [0.05, 0.1) is 0 Å². The van der Waals surface area contributed by atoms with E-state index in [4.69, 9.17) is 0 Å². The Hall–Kier alpha value is -2.02. The lowest BCUT2D eigenvalue weighted by Gasteiger charge is -1.98. The number of aromatic amines is 1. The van der Waals surface area contributed by atoms with Crippen LogP contribution < -0.4 is 0 Å². The number of aromatic nitrogens is 1. The van der Waals surface area contributed by atoms with Crippen LogP contribution in [0, 0.1) is 6.42 Å². The summed E-state index contributed by atoms with van der Waals surface area (Å²) >= 11 is 0. The molecule has 3 aromatic rings. The normalized spacial score (nSPS) is 10.8. The summed E-state index contributed by atoms with van der Waals surface area (Å²) in [4.78, 5) is 3.43. The molecule has 1 radical (unpaired) electrons. The van der Waals surface area contributed by atoms with Crippen molar-refractivity contribution in [1.82, 2.24) is 4.98 Å². The Labute approximate surface area is 101 Å². The first kappa shape index (κ1) is 10.2. The maximum absolute atomic E-state index is 3.43. The molecule has 2 aromatic carbocycles. The second kappa shape index (κ2) is 4.46. The lowest BCUT2D eigenvalue weighted by Crippen LogP contribution is -1.87. The number of benzene rings is 2. The molecule has 0 aliphatic rings. The van der Waals surface area contributed by atoms with Gasteiger partial charge in [-0.05, 0) is 35.9 Å². The number of hydrogen-bond donors (Lipinski definition) is 1. The van der Waals surface area contributed by atoms with E-state index in [-0.39, 0.29) is 0 Å². The fraction of sp³-hybridized carbons (Fsp3) is 0.0625. The predicted octanol–water partition coefficient (Wildman–Crippen LogP) is 3.96. The second-order valence-electron chi connectivity index (χ2n) is 4.20. The topological polar surface area (TPSA) is 15.8 Å². The molecular weight excluding hydrogens is 206 g/mol. The van der Waals surface area contributed by atoms with E-state index in [9.17, 15) is 0 Å². The first-order chi connectivity index (χ1) is 8.42. The van der Waals surface area contributed by atoms with Gasteiger partial charge in [0.25, 0.3) is 0 Å². The van der Waals surface area contributed by atoms with Crippen molar-refractivity contribution < 1.29 is 0 Å². The molecule has 0 unspecified atom stereocenters. The van der Waals surface area contributed by atoms with E-state index < -0.39 is 0 Å². The van der Waals surface area contributed by atoms with Crippen LogP contribution in [0.15, 0.2) is 60.7 Å². The van der Waals surface area contributed by atoms with E-state index in [1.165, 1.54) is 22.2 Å². The molecule has 1 nitrogen and oxygen atoms in total. The molecule has 0 saturated carbocycles. The molecule has 0 amide bonds. The average molecular weight is 220 g/mol. The highest BCUT2D eigenvalue weighted by Crippen LogP contribution is 2.16. The van der Waals surface area contributed by atoms with E-state index >= 15 is 0 Å². The summed E-state index contributed by atoms with van der Waals surface area (Å²) in [5, 5.41) is 1.28. The fourth-order valence-corrected chi connectivity index (χ4v) is 2.06. The third-order valence-corrected chi connectivity index (χ3v) is 2.94. The van der Waals surface area contributed by atoms with Gasteiger partial charge in [-0.3, -0.25) is 0 Å². The monoisotopic (exact) mass is 220 g/mol. The maximum atomic E-state index is 3.43. The van der Waals surface area contributed by atoms with E-state index in [0.717, 1.165) is 6.42 Å². The smallest absolute Gasteiger partial charge is 0.0456 e. The lowest BCUT2D eigenvalue weighted by atomic mass is 10.1. The molecular formula is C16H14N. The summed E-state index contributed by atoms with van der Waals surface area (Å²) < 4.78 is 0. The quantitative estimate of drug-likeness (QED) is 0.687. The molecule has 0 fully saturated rings. The van der Waals surface area contributed by atoms with Crippen molar-refractivity contribution in [3.8, 4) is 0 Å². The lowest BCUT2D eigenvalue weighted by molar-refractivity contribution is 1.10. The van der Waals surface area contributed by atoms with Crippen molar-refractivity contribution in [2.45, 2.75) is 6.42 Å². The molecule has 1 aromatic heterocycles. The van der Waals surface area contributed by atoms with Gasteiger partial charge >= 0.3 is 0 Å². The van der Waals surface area contributed by atoms with Crippen LogP contribution in [0.5, 0.6) is 0 Å². The summed E-state index contributed by atoms with van der Waals surface area (Å²) in [5.74, 6) is 0. The van der Waals surface area contributed by atoms with Crippen LogP contribution in [-0.4, -0.2) is 4.98 Å². The zero-order valence-electron chi connectivity index (χ0n) is 9.56. The van der Waals surface area contributed by atoms with Crippen LogP contribution in [0.4, 0.5) is 0 Å². The van der Waals surface area contributed by atoms with Crippen LogP contribution in [0.25, 0.3) is 10.9 Å². The van der Waals surface area contributed by atoms with Crippen molar-refractivity contribution in [2.24, 2.45) is 0 Å². The molecule has 0 aliphatic carbocycles. The second-order valence-corrected chi connectivity index (χ2v) is 4.20. The van der Waals surface area contributed by atoms with Crippen LogP contribution >= 0.6 is 0 Å². The van der Waals surface area contributed by atoms with Gasteiger partial charge in [-0.2, -0.15) is 0 Å². The molecule has 1 N–H and O–H groups in total. The van der Waals surface area contributed by atoms with Gasteiger partial charge in [0.1, 0.15) is 0 Å². The average Bonchev–Trinajstić information content (AvgIpc) is 2.80. The number of H-pyrrole nitrogens is 1. The summed E-state index contributed by atoms with van der Waals surface area (Å²) in [6, 6.07) is 21.0. The number of hydrogen-bond acceptors (Lipinski definition) is 0. The Balaban J connectivity index is 1.77. The Morgan fingerprint density at radius 2 is 1.65 bits per heavy atom. The van der Waals surface area contributed by atoms with Crippen molar-refractivity contribution in [1.29, 1.82) is 0 Å². The van der Waals surface area contributed by atoms with Gasteiger partial charge < -0.3 is 4.98 Å². The van der Waals surface area contributed by atoms with Crippen molar-refractivity contribution in [2.75, 3.05) is 0 Å². The van der Waals surface area contributed by atoms with Gasteiger partial charge in [0.2, 0.25) is 0 Å². The standard InChI is InChI=1S/C16H14N/c1-2-6-13(7-3-1)10-11-15-12-14-8-4-5-9-16(14)17-15/h1-10,12,17H,11H2. The van der Waals surface area contributed by atoms with Gasteiger partial charge in [-0.1, -0.05) is 48.5 Å². The number of para-hydroxylation sites is 1. The highest BCUT2D eigenvalue weighted by molar-refractivity contribution is 5.80. The molecule has 1 heterocycles. The minimum atomic E-state index is 0.943. The van der Waals surface area contributed by atoms with E-state index in [2.05, 4.69) is 66.0 Å². The number of nitrogens with one attached hydrogen (secondary N) is 1. The largest absolute Gasteiger partial charge is 0.358 e. The zero-order valence-corrected chi connectivity index (χ0v) is 9.56. The number of fused-ring (bicyclic) bond motifs is 1. The van der Waals surface area contributed by atoms with Crippen molar-refractivity contribution in [3.05, 3.63) is 78.3 Å². The van der Waals surface area contributed by atoms with E-state index in [1.54, 1.807) is 0 Å². The first-order valence-electron chi connectivity index (χ1n) is 5.87. The molecule has 0 saturated heterocycles. The van der Waals surface area contributed by atoms with E-state index in [0.29, 0.717) is 0 Å². The predicted molar refractivity (Wildman–Crippen MR) is 71.8 cm³/mol. The summed E-state index contributed by atoms with van der Waals surface area (Å²) in [7, 11) is 0. The molecule has 0 atom stereocenters. The van der Waals surface area contributed by atoms with Crippen LogP contribution in [0.1, 0.15) is 11.3 Å². The third-order valence-electron chi connectivity index (χ3n) is 2.94. The number of rotatable bonds is 3. The molecule has 0 spiro atoms. The maximum Gasteiger partial charge on any atom is 0.0456 e. The molecule has 1 heteroatoms. The zero-order chi connectivity index (χ0) is 11.5. The Morgan fingerprint density at radius 3 is 2.47 bits per heavy atom. The van der Waals surface area contributed by atoms with Gasteiger partial charge in [-0.25, -0.2) is 0 Å². The van der Waals surface area contributed by atoms with Gasteiger partial charge in [0.15, 0.2) is 0 Å². The first-order valence-corrected chi connectivity index (χ1v) is 5.87. The van der Waals surface area contributed by atoms with E-state index in [1.807, 2.05) is 6.07 Å². The summed E-state index contributed by atoms with van der Waals surface area (Å²) in [6.45, 7) is 0. The molecule has 17 heavy (non-hydrogen) atoms. The SMILES string of the molecule is [CH](Cc1cc2ccccc2[nH]1)c1ccccc1. The van der Waals surface area contributed by atoms with Crippen molar-refractivity contribution >= 4 is 10.9 Å². The molecule has 0 aliphatic heterocycles. The molecule has 83 valence electrons.